The molecule has 1 aliphatic rings. The summed E-state index contributed by atoms with van der Waals surface area (Å²) in [5.41, 5.74) is 0. The number of imide groups is 1. The number of aldehydes is 2. The zero-order valence-corrected chi connectivity index (χ0v) is 16.0. The largest absolute Gasteiger partial charge is 0.356 e. The molecule has 1 atom stereocenters. The molecule has 156 valence electrons. The van der Waals surface area contributed by atoms with Crippen LogP contribution >= 0.6 is 0 Å². The average molecular weight is 396 g/mol. The van der Waals surface area contributed by atoms with Gasteiger partial charge in [-0.3, -0.25) is 19.3 Å². The zero-order chi connectivity index (χ0) is 21.8. The van der Waals surface area contributed by atoms with Crippen molar-refractivity contribution in [3.63, 3.8) is 0 Å². The number of hydrogen-bond acceptors (Lipinski definition) is 7. The second kappa shape index (κ2) is 18.8. The van der Waals surface area contributed by atoms with Crippen LogP contribution in [0.2, 0.25) is 0 Å². The zero-order valence-electron chi connectivity index (χ0n) is 16.0. The van der Waals surface area contributed by atoms with E-state index in [0.29, 0.717) is 32.2 Å². The van der Waals surface area contributed by atoms with Crippen LogP contribution in [0.4, 0.5) is 0 Å². The van der Waals surface area contributed by atoms with E-state index in [0.717, 1.165) is 30.3 Å². The Morgan fingerprint density at radius 2 is 1.54 bits per heavy atom. The lowest BCUT2D eigenvalue weighted by atomic mass is 9.97. The van der Waals surface area contributed by atoms with Crippen molar-refractivity contribution in [1.29, 1.82) is 0 Å². The summed E-state index contributed by atoms with van der Waals surface area (Å²) >= 11 is 0. The maximum atomic E-state index is 11.8. The molecule has 1 aliphatic heterocycles. The summed E-state index contributed by atoms with van der Waals surface area (Å²) in [5, 5.41) is 2.82. The van der Waals surface area contributed by atoms with Crippen LogP contribution in [-0.4, -0.2) is 61.9 Å². The molecule has 1 N–H and O–H groups in total. The van der Waals surface area contributed by atoms with Crippen LogP contribution in [0.3, 0.4) is 0 Å². The van der Waals surface area contributed by atoms with Crippen LogP contribution in [-0.2, 0) is 33.6 Å². The predicted molar refractivity (Wildman–Crippen MR) is 101 cm³/mol. The van der Waals surface area contributed by atoms with Gasteiger partial charge in [0.2, 0.25) is 5.91 Å². The van der Waals surface area contributed by atoms with Crippen LogP contribution < -0.4 is 5.32 Å². The smallest absolute Gasteiger partial charge is 0.253 e. The van der Waals surface area contributed by atoms with Gasteiger partial charge in [0.05, 0.1) is 0 Å². The minimum atomic E-state index is -0.343. The molecule has 0 aromatic carbocycles. The molecule has 3 amide bonds. The van der Waals surface area contributed by atoms with Crippen molar-refractivity contribution in [3.8, 4) is 0 Å². The fourth-order valence-corrected chi connectivity index (χ4v) is 2.54. The fraction of sp³-hybridized carbons (Fsp3) is 0.526. The molecule has 0 aliphatic carbocycles. The molecule has 0 bridgehead atoms. The number of rotatable bonds is 13. The first kappa shape index (κ1) is 27.3. The lowest BCUT2D eigenvalue weighted by Crippen LogP contribution is -2.33. The lowest BCUT2D eigenvalue weighted by molar-refractivity contribution is -0.137. The maximum Gasteiger partial charge on any atom is 0.253 e. The van der Waals surface area contributed by atoms with Crippen LogP contribution in [0, 0.1) is 5.92 Å². The third kappa shape index (κ3) is 12.4. The number of amides is 3. The number of carbonyl (C=O) groups excluding carboxylic acids is 7. The third-order valence-electron chi connectivity index (χ3n) is 3.90. The van der Waals surface area contributed by atoms with Gasteiger partial charge in [0.25, 0.3) is 11.8 Å². The van der Waals surface area contributed by atoms with Crippen molar-refractivity contribution in [1.82, 2.24) is 10.2 Å². The van der Waals surface area contributed by atoms with Gasteiger partial charge >= 0.3 is 0 Å². The summed E-state index contributed by atoms with van der Waals surface area (Å²) in [6.45, 7) is 4.70. The van der Waals surface area contributed by atoms with Crippen molar-refractivity contribution in [3.05, 3.63) is 12.2 Å². The van der Waals surface area contributed by atoms with Gasteiger partial charge in [-0.1, -0.05) is 0 Å². The Kier molecular flexibility index (Phi) is 18.3. The number of nitrogens with zero attached hydrogens (tertiary/aromatic N) is 1. The summed E-state index contributed by atoms with van der Waals surface area (Å²) in [7, 11) is 0. The van der Waals surface area contributed by atoms with Gasteiger partial charge < -0.3 is 24.5 Å². The normalized spacial score (nSPS) is 12.9. The Bertz CT molecular complexity index is 514. The molecule has 1 unspecified atom stereocenters. The Labute approximate surface area is 164 Å². The minimum absolute atomic E-state index is 0.145. The third-order valence-corrected chi connectivity index (χ3v) is 3.90. The standard InChI is InChI=1S/C17H24N2O5.2CH2O/c20-11-2-1-5-14(6-4-12-21)13-18-15(22)7-3-10-19-16(23)8-9-17(19)24;2*1-2/h8-9,11-12,14H,1-7,10,13H2,(H,18,22);2*1H2. The van der Waals surface area contributed by atoms with Gasteiger partial charge in [0.1, 0.15) is 26.2 Å². The van der Waals surface area contributed by atoms with E-state index < -0.39 is 0 Å². The highest BCUT2D eigenvalue weighted by Gasteiger charge is 2.22. The van der Waals surface area contributed by atoms with E-state index >= 15 is 0 Å². The summed E-state index contributed by atoms with van der Waals surface area (Å²) in [6.07, 6.45) is 7.94. The molecule has 9 nitrogen and oxygen atoms in total. The van der Waals surface area contributed by atoms with Crippen molar-refractivity contribution in [2.24, 2.45) is 5.92 Å². The monoisotopic (exact) mass is 396 g/mol. The Hall–Kier alpha value is -2.97. The van der Waals surface area contributed by atoms with E-state index in [1.165, 1.54) is 12.2 Å². The maximum absolute atomic E-state index is 11.8. The molecule has 0 aromatic heterocycles. The molecular formula is C19H28N2O7. The highest BCUT2D eigenvalue weighted by atomic mass is 16.2. The van der Waals surface area contributed by atoms with Gasteiger partial charge in [-0.25, -0.2) is 0 Å². The summed E-state index contributed by atoms with van der Waals surface area (Å²) in [6, 6.07) is 0. The van der Waals surface area contributed by atoms with Crippen molar-refractivity contribution < 1.29 is 33.6 Å². The van der Waals surface area contributed by atoms with Gasteiger partial charge in [-0.05, 0) is 31.6 Å². The van der Waals surface area contributed by atoms with E-state index in [1.54, 1.807) is 0 Å². The van der Waals surface area contributed by atoms with E-state index in [4.69, 9.17) is 9.59 Å². The SMILES string of the molecule is C=O.C=O.O=CCCCC(CCC=O)CNC(=O)CCCN1C(=O)C=CC1=O. The minimum Gasteiger partial charge on any atom is -0.356 e. The molecule has 0 saturated heterocycles. The van der Waals surface area contributed by atoms with Crippen molar-refractivity contribution in [2.45, 2.75) is 44.9 Å². The summed E-state index contributed by atoms with van der Waals surface area (Å²) in [5.74, 6) is -0.660. The Balaban J connectivity index is 0. The topological polar surface area (TPSA) is 135 Å². The first-order valence-electron chi connectivity index (χ1n) is 8.83. The molecule has 0 saturated carbocycles. The molecule has 1 heterocycles. The fourth-order valence-electron chi connectivity index (χ4n) is 2.54. The number of nitrogens with one attached hydrogen (secondary N) is 1. The molecular weight excluding hydrogens is 368 g/mol. The Morgan fingerprint density at radius 3 is 2.07 bits per heavy atom. The van der Waals surface area contributed by atoms with Gasteiger partial charge in [-0.15, -0.1) is 0 Å². The van der Waals surface area contributed by atoms with Gasteiger partial charge in [-0.2, -0.15) is 0 Å². The van der Waals surface area contributed by atoms with Crippen LogP contribution in [0.15, 0.2) is 12.2 Å². The van der Waals surface area contributed by atoms with Crippen molar-refractivity contribution >= 4 is 43.9 Å². The second-order valence-electron chi connectivity index (χ2n) is 5.78. The molecule has 1 rings (SSSR count). The highest BCUT2D eigenvalue weighted by Crippen LogP contribution is 2.13. The van der Waals surface area contributed by atoms with E-state index in [2.05, 4.69) is 5.32 Å². The molecule has 0 aromatic rings. The number of carbonyl (C=O) groups is 7. The van der Waals surface area contributed by atoms with Gasteiger partial charge in [0.15, 0.2) is 0 Å². The number of hydrogen-bond donors (Lipinski definition) is 1. The van der Waals surface area contributed by atoms with Crippen LogP contribution in [0.5, 0.6) is 0 Å². The molecule has 9 heteroatoms. The lowest BCUT2D eigenvalue weighted by Gasteiger charge is -2.17. The summed E-state index contributed by atoms with van der Waals surface area (Å²) < 4.78 is 0. The second-order valence-corrected chi connectivity index (χ2v) is 5.78. The highest BCUT2D eigenvalue weighted by molar-refractivity contribution is 6.12. The number of unbranched alkanes of at least 4 members (excludes halogenated alkanes) is 1. The first-order chi connectivity index (χ1) is 13.6. The van der Waals surface area contributed by atoms with Crippen molar-refractivity contribution in [2.75, 3.05) is 13.1 Å². The van der Waals surface area contributed by atoms with Gasteiger partial charge in [0, 0.05) is 44.5 Å². The van der Waals surface area contributed by atoms with E-state index in [9.17, 15) is 24.0 Å². The predicted octanol–water partition coefficient (Wildman–Crippen LogP) is 0.403. The quantitative estimate of drug-likeness (QED) is 0.270. The van der Waals surface area contributed by atoms with E-state index in [1.807, 2.05) is 13.6 Å². The van der Waals surface area contributed by atoms with E-state index in [-0.39, 0.29) is 36.6 Å². The molecule has 0 spiro atoms. The summed E-state index contributed by atoms with van der Waals surface area (Å²) in [4.78, 5) is 72.5. The molecule has 0 fully saturated rings. The average Bonchev–Trinajstić information content (AvgIpc) is 3.04. The molecule has 0 radical (unpaired) electrons. The Morgan fingerprint density at radius 1 is 0.964 bits per heavy atom. The first-order valence-corrected chi connectivity index (χ1v) is 8.83. The van der Waals surface area contributed by atoms with Crippen LogP contribution in [0.1, 0.15) is 44.9 Å². The molecule has 28 heavy (non-hydrogen) atoms. The van der Waals surface area contributed by atoms with Crippen LogP contribution in [0.25, 0.3) is 0 Å².